The fourth-order valence-corrected chi connectivity index (χ4v) is 3.01. The fraction of sp³-hybridized carbons (Fsp3) is 0.611. The Morgan fingerprint density at radius 1 is 1.24 bits per heavy atom. The van der Waals surface area contributed by atoms with Crippen molar-refractivity contribution in [3.05, 3.63) is 35.4 Å². The third kappa shape index (κ3) is 4.07. The van der Waals surface area contributed by atoms with E-state index in [0.29, 0.717) is 6.54 Å². The van der Waals surface area contributed by atoms with Crippen molar-refractivity contribution in [1.82, 2.24) is 4.90 Å². The van der Waals surface area contributed by atoms with E-state index in [1.165, 1.54) is 11.1 Å². The molecular weight excluding hydrogens is 260 g/mol. The van der Waals surface area contributed by atoms with Gasteiger partial charge in [-0.15, -0.1) is 0 Å². The van der Waals surface area contributed by atoms with Gasteiger partial charge in [-0.2, -0.15) is 0 Å². The minimum Gasteiger partial charge on any atom is -0.341 e. The molecule has 21 heavy (non-hydrogen) atoms. The van der Waals surface area contributed by atoms with Crippen LogP contribution in [0.25, 0.3) is 0 Å². The number of carbonyl (C=O) groups excluding carboxylic acids is 1. The quantitative estimate of drug-likeness (QED) is 0.929. The van der Waals surface area contributed by atoms with Crippen LogP contribution < -0.4 is 5.73 Å². The number of hydrogen-bond donors (Lipinski definition) is 1. The largest absolute Gasteiger partial charge is 0.341 e. The summed E-state index contributed by atoms with van der Waals surface area (Å²) in [4.78, 5) is 14.2. The molecule has 0 saturated heterocycles. The molecule has 2 unspecified atom stereocenters. The summed E-state index contributed by atoms with van der Waals surface area (Å²) < 4.78 is 0. The Kier molecular flexibility index (Phi) is 4.72. The van der Waals surface area contributed by atoms with Gasteiger partial charge in [-0.3, -0.25) is 4.79 Å². The smallest absolute Gasteiger partial charge is 0.225 e. The van der Waals surface area contributed by atoms with E-state index in [4.69, 9.17) is 5.73 Å². The number of carbonyl (C=O) groups is 1. The van der Waals surface area contributed by atoms with E-state index in [0.717, 1.165) is 19.3 Å². The van der Waals surface area contributed by atoms with Crippen LogP contribution in [0.15, 0.2) is 24.3 Å². The molecular formula is C18H28N2O. The lowest BCUT2D eigenvalue weighted by Gasteiger charge is -2.22. The predicted molar refractivity (Wildman–Crippen MR) is 86.9 cm³/mol. The normalized spacial score (nSPS) is 22.3. The molecule has 2 rings (SSSR count). The maximum absolute atomic E-state index is 12.4. The molecule has 3 nitrogen and oxygen atoms in total. The monoisotopic (exact) mass is 288 g/mol. The second-order valence-corrected chi connectivity index (χ2v) is 7.41. The molecule has 0 spiro atoms. The van der Waals surface area contributed by atoms with Gasteiger partial charge in [0, 0.05) is 25.6 Å². The van der Waals surface area contributed by atoms with Crippen molar-refractivity contribution in [3.63, 3.8) is 0 Å². The second-order valence-electron chi connectivity index (χ2n) is 7.41. The van der Waals surface area contributed by atoms with Gasteiger partial charge in [0.15, 0.2) is 0 Å². The number of hydrogen-bond acceptors (Lipinski definition) is 2. The number of nitrogens with two attached hydrogens (primary N) is 1. The molecule has 0 heterocycles. The van der Waals surface area contributed by atoms with Gasteiger partial charge in [0.25, 0.3) is 0 Å². The molecule has 1 amide bonds. The van der Waals surface area contributed by atoms with Crippen molar-refractivity contribution in [2.75, 3.05) is 7.05 Å². The lowest BCUT2D eigenvalue weighted by atomic mass is 9.87. The van der Waals surface area contributed by atoms with Gasteiger partial charge >= 0.3 is 0 Å². The van der Waals surface area contributed by atoms with Gasteiger partial charge in [0.2, 0.25) is 5.91 Å². The summed E-state index contributed by atoms with van der Waals surface area (Å²) in [5.74, 6) is 0.363. The Morgan fingerprint density at radius 3 is 2.33 bits per heavy atom. The van der Waals surface area contributed by atoms with Crippen LogP contribution in [0.4, 0.5) is 0 Å². The van der Waals surface area contributed by atoms with Crippen LogP contribution in [-0.2, 0) is 16.8 Å². The van der Waals surface area contributed by atoms with Crippen LogP contribution in [0.3, 0.4) is 0 Å². The maximum Gasteiger partial charge on any atom is 0.225 e. The first-order valence-electron chi connectivity index (χ1n) is 7.87. The average molecular weight is 288 g/mol. The maximum atomic E-state index is 12.4. The Hall–Kier alpha value is -1.35. The second kappa shape index (κ2) is 6.18. The van der Waals surface area contributed by atoms with Crippen molar-refractivity contribution in [3.8, 4) is 0 Å². The molecule has 0 radical (unpaired) electrons. The minimum atomic E-state index is 0.124. The van der Waals surface area contributed by atoms with E-state index in [9.17, 15) is 4.79 Å². The van der Waals surface area contributed by atoms with Crippen LogP contribution in [0.1, 0.15) is 51.2 Å². The van der Waals surface area contributed by atoms with Crippen molar-refractivity contribution in [1.29, 1.82) is 0 Å². The van der Waals surface area contributed by atoms with Gasteiger partial charge in [-0.25, -0.2) is 0 Å². The van der Waals surface area contributed by atoms with Gasteiger partial charge in [0.1, 0.15) is 0 Å². The molecule has 2 N–H and O–H groups in total. The van der Waals surface area contributed by atoms with E-state index in [2.05, 4.69) is 45.0 Å². The van der Waals surface area contributed by atoms with Gasteiger partial charge in [-0.1, -0.05) is 45.0 Å². The van der Waals surface area contributed by atoms with E-state index in [1.54, 1.807) is 0 Å². The van der Waals surface area contributed by atoms with Gasteiger partial charge in [0.05, 0.1) is 0 Å². The zero-order valence-electron chi connectivity index (χ0n) is 13.7. The first kappa shape index (κ1) is 16.0. The van der Waals surface area contributed by atoms with Crippen LogP contribution in [-0.4, -0.2) is 23.9 Å². The lowest BCUT2D eigenvalue weighted by molar-refractivity contribution is -0.134. The topological polar surface area (TPSA) is 46.3 Å². The molecule has 1 aromatic rings. The summed E-state index contributed by atoms with van der Waals surface area (Å²) >= 11 is 0. The highest BCUT2D eigenvalue weighted by atomic mass is 16.2. The summed E-state index contributed by atoms with van der Waals surface area (Å²) in [6.07, 6.45) is 2.75. The van der Waals surface area contributed by atoms with Crippen LogP contribution in [0.2, 0.25) is 0 Å². The summed E-state index contributed by atoms with van der Waals surface area (Å²) in [6.45, 7) is 7.30. The molecule has 3 heteroatoms. The summed E-state index contributed by atoms with van der Waals surface area (Å²) in [7, 11) is 1.89. The molecule has 2 atom stereocenters. The zero-order valence-corrected chi connectivity index (χ0v) is 13.7. The first-order chi connectivity index (χ1) is 9.77. The molecule has 0 aromatic heterocycles. The average Bonchev–Trinajstić information content (AvgIpc) is 2.84. The van der Waals surface area contributed by atoms with Crippen molar-refractivity contribution >= 4 is 5.91 Å². The number of rotatable bonds is 3. The predicted octanol–water partition coefficient (Wildman–Crippen LogP) is 3.07. The van der Waals surface area contributed by atoms with Gasteiger partial charge in [-0.05, 0) is 35.8 Å². The van der Waals surface area contributed by atoms with Crippen molar-refractivity contribution < 1.29 is 4.79 Å². The molecule has 0 bridgehead atoms. The summed E-state index contributed by atoms with van der Waals surface area (Å²) in [5.41, 5.74) is 8.57. The van der Waals surface area contributed by atoms with Crippen molar-refractivity contribution in [2.24, 2.45) is 11.7 Å². The first-order valence-corrected chi connectivity index (χ1v) is 7.87. The SMILES string of the molecule is CN(Cc1ccc(C(C)(C)C)cc1)C(=O)C1CCC(N)C1. The van der Waals surface area contributed by atoms with Crippen molar-refractivity contribution in [2.45, 2.75) is 58.0 Å². The third-order valence-electron chi connectivity index (χ3n) is 4.44. The highest BCUT2D eigenvalue weighted by Gasteiger charge is 2.29. The summed E-state index contributed by atoms with van der Waals surface area (Å²) in [5, 5.41) is 0. The third-order valence-corrected chi connectivity index (χ3v) is 4.44. The van der Waals surface area contributed by atoms with Crippen LogP contribution in [0, 0.1) is 5.92 Å². The highest BCUT2D eigenvalue weighted by molar-refractivity contribution is 5.79. The molecule has 1 aliphatic carbocycles. The van der Waals surface area contributed by atoms with Crippen LogP contribution in [0.5, 0.6) is 0 Å². The standard InChI is InChI=1S/C18H28N2O/c1-18(2,3)15-8-5-13(6-9-15)12-20(4)17(21)14-7-10-16(19)11-14/h5-6,8-9,14,16H,7,10-12,19H2,1-4H3. The van der Waals surface area contributed by atoms with Crippen LogP contribution >= 0.6 is 0 Å². The number of nitrogens with zero attached hydrogens (tertiary/aromatic N) is 1. The van der Waals surface area contributed by atoms with E-state index < -0.39 is 0 Å². The molecule has 1 saturated carbocycles. The number of amides is 1. The summed E-state index contributed by atoms with van der Waals surface area (Å²) in [6, 6.07) is 8.80. The van der Waals surface area contributed by atoms with E-state index >= 15 is 0 Å². The molecule has 1 aromatic carbocycles. The Balaban J connectivity index is 1.96. The molecule has 1 aliphatic rings. The van der Waals surface area contributed by atoms with Gasteiger partial charge < -0.3 is 10.6 Å². The molecule has 0 aliphatic heterocycles. The molecule has 1 fully saturated rings. The lowest BCUT2D eigenvalue weighted by Crippen LogP contribution is -2.32. The Labute approximate surface area is 128 Å². The van der Waals surface area contributed by atoms with E-state index in [1.807, 2.05) is 11.9 Å². The Bertz CT molecular complexity index is 487. The zero-order chi connectivity index (χ0) is 15.6. The highest BCUT2D eigenvalue weighted by Crippen LogP contribution is 2.26. The fourth-order valence-electron chi connectivity index (χ4n) is 3.01. The molecule has 116 valence electrons. The number of benzene rings is 1. The Morgan fingerprint density at radius 2 is 1.86 bits per heavy atom. The van der Waals surface area contributed by atoms with E-state index in [-0.39, 0.29) is 23.3 Å². The minimum absolute atomic E-state index is 0.124.